The summed E-state index contributed by atoms with van der Waals surface area (Å²) in [5.41, 5.74) is 0.286. The van der Waals surface area contributed by atoms with Gasteiger partial charge in [-0.25, -0.2) is 9.78 Å². The van der Waals surface area contributed by atoms with Gasteiger partial charge in [0.15, 0.2) is 0 Å². The number of carbonyl (C=O) groups excluding carboxylic acids is 2. The molecule has 0 aromatic carbocycles. The van der Waals surface area contributed by atoms with Crippen LogP contribution in [0.15, 0.2) is 5.38 Å². The molecule has 0 bridgehead atoms. The third-order valence-corrected chi connectivity index (χ3v) is 4.10. The molecule has 0 aliphatic heterocycles. The summed E-state index contributed by atoms with van der Waals surface area (Å²) in [6.45, 7) is 6.99. The Morgan fingerprint density at radius 2 is 2.14 bits per heavy atom. The number of hydrogen-bond donors (Lipinski definition) is 1. The number of aromatic nitrogens is 1. The zero-order valence-electron chi connectivity index (χ0n) is 13.0. The number of thiazole rings is 1. The topological polar surface area (TPSA) is 68.3 Å². The molecule has 0 saturated heterocycles. The molecule has 1 atom stereocenters. The Labute approximate surface area is 130 Å². The molecule has 1 amide bonds. The van der Waals surface area contributed by atoms with Crippen molar-refractivity contribution in [1.82, 2.24) is 10.3 Å². The van der Waals surface area contributed by atoms with Gasteiger partial charge in [-0.2, -0.15) is 0 Å². The van der Waals surface area contributed by atoms with E-state index in [1.54, 1.807) is 12.3 Å². The van der Waals surface area contributed by atoms with Gasteiger partial charge in [-0.3, -0.25) is 4.79 Å². The number of amides is 1. The summed E-state index contributed by atoms with van der Waals surface area (Å²) in [5, 5.41) is 4.71. The van der Waals surface area contributed by atoms with Crippen LogP contribution in [0.25, 0.3) is 0 Å². The summed E-state index contributed by atoms with van der Waals surface area (Å²) in [4.78, 5) is 27.5. The van der Waals surface area contributed by atoms with Crippen molar-refractivity contribution < 1.29 is 14.3 Å². The van der Waals surface area contributed by atoms with Gasteiger partial charge in [0.1, 0.15) is 5.69 Å². The monoisotopic (exact) mass is 312 g/mol. The third kappa shape index (κ3) is 5.83. The summed E-state index contributed by atoms with van der Waals surface area (Å²) in [7, 11) is 0. The van der Waals surface area contributed by atoms with Crippen molar-refractivity contribution in [2.75, 3.05) is 13.2 Å². The molecule has 1 heterocycles. The van der Waals surface area contributed by atoms with Gasteiger partial charge >= 0.3 is 5.97 Å². The predicted octanol–water partition coefficient (Wildman–Crippen LogP) is 3.27. The summed E-state index contributed by atoms with van der Waals surface area (Å²) in [5.74, 6) is -0.204. The number of nitrogens with zero attached hydrogens (tertiary/aromatic N) is 1. The molecule has 0 spiro atoms. The molecule has 1 rings (SSSR count). The fourth-order valence-electron chi connectivity index (χ4n) is 1.94. The van der Waals surface area contributed by atoms with Crippen LogP contribution in [0.4, 0.5) is 0 Å². The first-order valence-corrected chi connectivity index (χ1v) is 8.41. The smallest absolute Gasteiger partial charge is 0.367 e. The van der Waals surface area contributed by atoms with Gasteiger partial charge in [0.25, 0.3) is 5.91 Å². The molecule has 1 unspecified atom stereocenters. The zero-order chi connectivity index (χ0) is 15.7. The van der Waals surface area contributed by atoms with Gasteiger partial charge in [-0.15, -0.1) is 11.3 Å². The first kappa shape index (κ1) is 17.6. The van der Waals surface area contributed by atoms with Crippen LogP contribution >= 0.6 is 11.3 Å². The molecule has 21 heavy (non-hydrogen) atoms. The van der Waals surface area contributed by atoms with Gasteiger partial charge in [-0.05, 0) is 19.3 Å². The molecule has 1 aromatic heterocycles. The molecule has 0 fully saturated rings. The maximum Gasteiger partial charge on any atom is 0.367 e. The average molecular weight is 312 g/mol. The van der Waals surface area contributed by atoms with Crippen molar-refractivity contribution in [3.8, 4) is 0 Å². The van der Waals surface area contributed by atoms with E-state index in [0.717, 1.165) is 24.2 Å². The van der Waals surface area contributed by atoms with Crippen LogP contribution in [-0.4, -0.2) is 30.0 Å². The standard InChI is InChI=1S/C15H24N2O3S/c1-4-7-8-11(5-2)9-16-13(18)12-10-21-14(17-12)15(19)20-6-3/h10-11H,4-9H2,1-3H3,(H,16,18). The largest absolute Gasteiger partial charge is 0.461 e. The molecule has 0 aliphatic carbocycles. The lowest BCUT2D eigenvalue weighted by atomic mass is 9.99. The van der Waals surface area contributed by atoms with E-state index in [-0.39, 0.29) is 16.6 Å². The van der Waals surface area contributed by atoms with Crippen molar-refractivity contribution in [3.05, 3.63) is 16.1 Å². The Morgan fingerprint density at radius 3 is 2.76 bits per heavy atom. The molecule has 0 radical (unpaired) electrons. The maximum atomic E-state index is 12.0. The highest BCUT2D eigenvalue weighted by Gasteiger charge is 2.17. The van der Waals surface area contributed by atoms with E-state index in [1.807, 2.05) is 0 Å². The molecule has 118 valence electrons. The maximum absolute atomic E-state index is 12.0. The second-order valence-corrected chi connectivity index (χ2v) is 5.74. The number of hydrogen-bond acceptors (Lipinski definition) is 5. The van der Waals surface area contributed by atoms with Crippen molar-refractivity contribution in [2.45, 2.75) is 46.5 Å². The Balaban J connectivity index is 2.50. The van der Waals surface area contributed by atoms with Crippen molar-refractivity contribution in [1.29, 1.82) is 0 Å². The number of nitrogens with one attached hydrogen (secondary N) is 1. The van der Waals surface area contributed by atoms with Crippen LogP contribution < -0.4 is 5.32 Å². The molecule has 1 aromatic rings. The Bertz CT molecular complexity index is 460. The Morgan fingerprint density at radius 1 is 1.38 bits per heavy atom. The SMILES string of the molecule is CCCCC(CC)CNC(=O)c1csc(C(=O)OCC)n1. The fraction of sp³-hybridized carbons (Fsp3) is 0.667. The predicted molar refractivity (Wildman–Crippen MR) is 83.7 cm³/mol. The van der Waals surface area contributed by atoms with Crippen LogP contribution in [0.1, 0.15) is 66.7 Å². The van der Waals surface area contributed by atoms with E-state index in [2.05, 4.69) is 24.1 Å². The van der Waals surface area contributed by atoms with Crippen molar-refractivity contribution in [3.63, 3.8) is 0 Å². The van der Waals surface area contributed by atoms with E-state index >= 15 is 0 Å². The van der Waals surface area contributed by atoms with Crippen LogP contribution in [0.3, 0.4) is 0 Å². The van der Waals surface area contributed by atoms with Gasteiger partial charge < -0.3 is 10.1 Å². The first-order chi connectivity index (χ1) is 10.1. The summed E-state index contributed by atoms with van der Waals surface area (Å²) < 4.78 is 4.86. The zero-order valence-corrected chi connectivity index (χ0v) is 13.8. The van der Waals surface area contributed by atoms with Crippen LogP contribution in [0.5, 0.6) is 0 Å². The Kier molecular flexibility index (Phi) is 7.97. The quantitative estimate of drug-likeness (QED) is 0.711. The lowest BCUT2D eigenvalue weighted by Gasteiger charge is -2.14. The highest BCUT2D eigenvalue weighted by Crippen LogP contribution is 2.13. The Hall–Kier alpha value is -1.43. The number of ether oxygens (including phenoxy) is 1. The number of unbranched alkanes of at least 4 members (excludes halogenated alkanes) is 1. The highest BCUT2D eigenvalue weighted by molar-refractivity contribution is 7.11. The summed E-state index contributed by atoms with van der Waals surface area (Å²) in [6.07, 6.45) is 4.52. The third-order valence-electron chi connectivity index (χ3n) is 3.28. The minimum Gasteiger partial charge on any atom is -0.461 e. The lowest BCUT2D eigenvalue weighted by molar-refractivity contribution is 0.0526. The van der Waals surface area contributed by atoms with Crippen molar-refractivity contribution in [2.24, 2.45) is 5.92 Å². The molecule has 1 N–H and O–H groups in total. The highest BCUT2D eigenvalue weighted by atomic mass is 32.1. The van der Waals surface area contributed by atoms with Gasteiger partial charge in [-0.1, -0.05) is 33.1 Å². The number of esters is 1. The molecular weight excluding hydrogens is 288 g/mol. The van der Waals surface area contributed by atoms with Crippen molar-refractivity contribution >= 4 is 23.2 Å². The second kappa shape index (κ2) is 9.50. The first-order valence-electron chi connectivity index (χ1n) is 7.53. The minimum atomic E-state index is -0.476. The van der Waals surface area contributed by atoms with E-state index in [4.69, 9.17) is 4.74 Å². The van der Waals surface area contributed by atoms with E-state index in [0.29, 0.717) is 19.1 Å². The number of carbonyl (C=O) groups is 2. The second-order valence-electron chi connectivity index (χ2n) is 4.88. The molecule has 6 heteroatoms. The molecular formula is C15H24N2O3S. The van der Waals surface area contributed by atoms with Crippen LogP contribution in [0.2, 0.25) is 0 Å². The minimum absolute atomic E-state index is 0.222. The van der Waals surface area contributed by atoms with Crippen LogP contribution in [-0.2, 0) is 4.74 Å². The van der Waals surface area contributed by atoms with E-state index < -0.39 is 5.97 Å². The van der Waals surface area contributed by atoms with Gasteiger partial charge in [0.05, 0.1) is 6.61 Å². The number of rotatable bonds is 9. The fourth-order valence-corrected chi connectivity index (χ4v) is 2.62. The molecule has 0 aliphatic rings. The lowest BCUT2D eigenvalue weighted by Crippen LogP contribution is -2.29. The molecule has 5 nitrogen and oxygen atoms in total. The van der Waals surface area contributed by atoms with E-state index in [1.165, 1.54) is 12.8 Å². The summed E-state index contributed by atoms with van der Waals surface area (Å²) >= 11 is 1.13. The summed E-state index contributed by atoms with van der Waals surface area (Å²) in [6, 6.07) is 0. The van der Waals surface area contributed by atoms with Gasteiger partial charge in [0.2, 0.25) is 5.01 Å². The van der Waals surface area contributed by atoms with E-state index in [9.17, 15) is 9.59 Å². The molecule has 0 saturated carbocycles. The van der Waals surface area contributed by atoms with Gasteiger partial charge in [0, 0.05) is 11.9 Å². The normalized spacial score (nSPS) is 12.0. The van der Waals surface area contributed by atoms with Crippen LogP contribution in [0, 0.1) is 5.92 Å². The average Bonchev–Trinajstić information content (AvgIpc) is 2.97.